The Bertz CT molecular complexity index is 399. The fourth-order valence-corrected chi connectivity index (χ4v) is 1.79. The van der Waals surface area contributed by atoms with Crippen LogP contribution in [0.4, 0.5) is 0 Å². The predicted molar refractivity (Wildman–Crippen MR) is 76.9 cm³/mol. The van der Waals surface area contributed by atoms with Crippen molar-refractivity contribution < 1.29 is 9.59 Å². The van der Waals surface area contributed by atoms with Gasteiger partial charge < -0.3 is 16.0 Å². The van der Waals surface area contributed by atoms with E-state index in [9.17, 15) is 9.59 Å². The largest absolute Gasteiger partial charge is 0.377 e. The first-order valence-corrected chi connectivity index (χ1v) is 6.27. The molecule has 2 amide bonds. The summed E-state index contributed by atoms with van der Waals surface area (Å²) in [7, 11) is 5.00. The quantitative estimate of drug-likeness (QED) is 0.514. The van der Waals surface area contributed by atoms with Crippen LogP contribution in [0.2, 0.25) is 0 Å². The molecule has 6 nitrogen and oxygen atoms in total. The molecular weight excluding hydrogens is 244 g/mol. The number of aliphatic imine (C=N–C) groups is 1. The zero-order chi connectivity index (χ0) is 15.0. The van der Waals surface area contributed by atoms with E-state index in [1.54, 1.807) is 21.0 Å². The van der Waals surface area contributed by atoms with Crippen molar-refractivity contribution in [3.05, 3.63) is 11.3 Å². The van der Waals surface area contributed by atoms with Crippen LogP contribution in [0.25, 0.3) is 0 Å². The molecule has 0 rings (SSSR count). The minimum absolute atomic E-state index is 0.0200. The second-order valence-electron chi connectivity index (χ2n) is 4.27. The maximum Gasteiger partial charge on any atom is 0.254 e. The van der Waals surface area contributed by atoms with Gasteiger partial charge in [0.25, 0.3) is 5.91 Å². The highest BCUT2D eigenvalue weighted by molar-refractivity contribution is 6.21. The molecule has 0 aromatic carbocycles. The second kappa shape index (κ2) is 8.29. The maximum absolute atomic E-state index is 12.0. The molecule has 0 aromatic rings. The molecule has 0 radical (unpaired) electrons. The van der Waals surface area contributed by atoms with Crippen LogP contribution in [0.15, 0.2) is 16.3 Å². The van der Waals surface area contributed by atoms with Crippen molar-refractivity contribution in [2.45, 2.75) is 26.7 Å². The van der Waals surface area contributed by atoms with E-state index in [4.69, 9.17) is 5.73 Å². The molecule has 0 fully saturated rings. The first kappa shape index (κ1) is 17.2. The first-order chi connectivity index (χ1) is 8.88. The van der Waals surface area contributed by atoms with Crippen molar-refractivity contribution in [3.63, 3.8) is 0 Å². The number of amides is 2. The number of nitrogens with zero attached hydrogens (tertiary/aromatic N) is 2. The molecule has 6 heteroatoms. The lowest BCUT2D eigenvalue weighted by atomic mass is 10.0. The standard InChI is InChI=1S/C13H24N4O2/c1-6-7-17(5)10(8-11(14)18)12(9(2)15-3)13(19)16-4/h6-8H2,1-5H3,(H2,14,18)(H,16,19)/b12-10-,15-9?. The molecule has 0 aliphatic rings. The third-order valence-electron chi connectivity index (χ3n) is 2.80. The van der Waals surface area contributed by atoms with E-state index in [0.717, 1.165) is 13.0 Å². The van der Waals surface area contributed by atoms with Crippen LogP contribution in [0.5, 0.6) is 0 Å². The molecule has 0 atom stereocenters. The van der Waals surface area contributed by atoms with E-state index < -0.39 is 5.91 Å². The van der Waals surface area contributed by atoms with E-state index in [-0.39, 0.29) is 12.3 Å². The first-order valence-electron chi connectivity index (χ1n) is 6.27. The van der Waals surface area contributed by atoms with E-state index in [0.29, 0.717) is 17.0 Å². The lowest BCUT2D eigenvalue weighted by molar-refractivity contribution is -0.117. The summed E-state index contributed by atoms with van der Waals surface area (Å²) in [6.07, 6.45) is 0.925. The van der Waals surface area contributed by atoms with Crippen molar-refractivity contribution in [3.8, 4) is 0 Å². The number of rotatable bonds is 7. The molecule has 3 N–H and O–H groups in total. The smallest absolute Gasteiger partial charge is 0.254 e. The summed E-state index contributed by atoms with van der Waals surface area (Å²) >= 11 is 0. The third-order valence-corrected chi connectivity index (χ3v) is 2.80. The normalized spacial score (nSPS) is 12.8. The van der Waals surface area contributed by atoms with E-state index in [2.05, 4.69) is 10.3 Å². The summed E-state index contributed by atoms with van der Waals surface area (Å²) < 4.78 is 0. The van der Waals surface area contributed by atoms with Gasteiger partial charge in [-0.3, -0.25) is 14.6 Å². The van der Waals surface area contributed by atoms with Crippen molar-refractivity contribution in [2.75, 3.05) is 27.7 Å². The van der Waals surface area contributed by atoms with Crippen molar-refractivity contribution in [1.29, 1.82) is 0 Å². The summed E-state index contributed by atoms with van der Waals surface area (Å²) in [6, 6.07) is 0. The van der Waals surface area contributed by atoms with Gasteiger partial charge in [0.1, 0.15) is 0 Å². The Morgan fingerprint density at radius 2 is 1.95 bits per heavy atom. The molecule has 0 aliphatic heterocycles. The van der Waals surface area contributed by atoms with Crippen LogP contribution in [0.3, 0.4) is 0 Å². The van der Waals surface area contributed by atoms with E-state index >= 15 is 0 Å². The van der Waals surface area contributed by atoms with Crippen LogP contribution in [-0.4, -0.2) is 50.1 Å². The second-order valence-corrected chi connectivity index (χ2v) is 4.27. The molecule has 0 unspecified atom stereocenters. The Balaban J connectivity index is 5.81. The van der Waals surface area contributed by atoms with Crippen molar-refractivity contribution in [2.24, 2.45) is 10.7 Å². The number of nitrogens with one attached hydrogen (secondary N) is 1. The molecule has 0 saturated heterocycles. The Morgan fingerprint density at radius 3 is 2.32 bits per heavy atom. The average molecular weight is 268 g/mol. The molecular formula is C13H24N4O2. The van der Waals surface area contributed by atoms with Crippen molar-refractivity contribution >= 4 is 17.5 Å². The number of likely N-dealkylation sites (N-methyl/N-ethyl adjacent to an activating group) is 1. The molecule has 0 heterocycles. The average Bonchev–Trinajstić information content (AvgIpc) is 2.36. The zero-order valence-corrected chi connectivity index (χ0v) is 12.4. The van der Waals surface area contributed by atoms with E-state index in [1.807, 2.05) is 18.9 Å². The van der Waals surface area contributed by atoms with Gasteiger partial charge >= 0.3 is 0 Å². The monoisotopic (exact) mass is 268 g/mol. The minimum atomic E-state index is -0.469. The lowest BCUT2D eigenvalue weighted by Gasteiger charge is -2.24. The maximum atomic E-state index is 12.0. The van der Waals surface area contributed by atoms with Gasteiger partial charge in [-0.05, 0) is 13.3 Å². The number of carbonyl (C=O) groups excluding carboxylic acids is 2. The van der Waals surface area contributed by atoms with Crippen LogP contribution in [0, 0.1) is 0 Å². The van der Waals surface area contributed by atoms with Gasteiger partial charge in [-0.2, -0.15) is 0 Å². The van der Waals surface area contributed by atoms with Gasteiger partial charge in [0.05, 0.1) is 12.0 Å². The van der Waals surface area contributed by atoms with E-state index in [1.165, 1.54) is 0 Å². The summed E-state index contributed by atoms with van der Waals surface area (Å²) in [6.45, 7) is 4.50. The minimum Gasteiger partial charge on any atom is -0.377 e. The third kappa shape index (κ3) is 5.11. The Morgan fingerprint density at radius 1 is 1.37 bits per heavy atom. The molecule has 108 valence electrons. The summed E-state index contributed by atoms with van der Waals surface area (Å²) in [5.74, 6) is -0.731. The van der Waals surface area contributed by atoms with Crippen LogP contribution in [-0.2, 0) is 9.59 Å². The highest BCUT2D eigenvalue weighted by Crippen LogP contribution is 2.15. The van der Waals surface area contributed by atoms with Crippen LogP contribution < -0.4 is 11.1 Å². The van der Waals surface area contributed by atoms with Gasteiger partial charge in [0, 0.05) is 39.1 Å². The van der Waals surface area contributed by atoms with Gasteiger partial charge in [-0.15, -0.1) is 0 Å². The van der Waals surface area contributed by atoms with Gasteiger partial charge in [-0.1, -0.05) is 6.92 Å². The molecule has 0 aliphatic carbocycles. The highest BCUT2D eigenvalue weighted by atomic mass is 16.2. The molecule has 19 heavy (non-hydrogen) atoms. The zero-order valence-electron chi connectivity index (χ0n) is 12.4. The fraction of sp³-hybridized carbons (Fsp3) is 0.615. The Labute approximate surface area is 114 Å². The molecule has 0 aromatic heterocycles. The fourth-order valence-electron chi connectivity index (χ4n) is 1.79. The SMILES string of the molecule is CCCN(C)/C(CC(N)=O)=C(\C(=O)NC)C(C)=NC. The van der Waals surface area contributed by atoms with Crippen molar-refractivity contribution in [1.82, 2.24) is 10.2 Å². The highest BCUT2D eigenvalue weighted by Gasteiger charge is 2.21. The number of nitrogens with two attached hydrogens (primary N) is 1. The summed E-state index contributed by atoms with van der Waals surface area (Å²) in [5.41, 5.74) is 6.88. The Hall–Kier alpha value is -1.85. The Kier molecular flexibility index (Phi) is 7.48. The number of hydrogen-bond donors (Lipinski definition) is 2. The van der Waals surface area contributed by atoms with Crippen LogP contribution in [0.1, 0.15) is 26.7 Å². The predicted octanol–water partition coefficient (Wildman–Crippen LogP) is 0.294. The lowest BCUT2D eigenvalue weighted by Crippen LogP contribution is -2.32. The number of primary amides is 1. The van der Waals surface area contributed by atoms with Gasteiger partial charge in [0.15, 0.2) is 0 Å². The summed E-state index contributed by atoms with van der Waals surface area (Å²) in [4.78, 5) is 29.2. The molecule has 0 spiro atoms. The number of hydrogen-bond acceptors (Lipinski definition) is 4. The molecule has 0 bridgehead atoms. The van der Waals surface area contributed by atoms with Crippen LogP contribution >= 0.6 is 0 Å². The van der Waals surface area contributed by atoms with Gasteiger partial charge in [0.2, 0.25) is 5.91 Å². The van der Waals surface area contributed by atoms with Gasteiger partial charge in [-0.25, -0.2) is 0 Å². The number of carbonyl (C=O) groups is 2. The summed E-state index contributed by atoms with van der Waals surface area (Å²) in [5, 5.41) is 2.57. The molecule has 0 saturated carbocycles. The topological polar surface area (TPSA) is 87.8 Å².